The third-order valence-corrected chi connectivity index (χ3v) is 13.6. The van der Waals surface area contributed by atoms with Crippen LogP contribution in [0.1, 0.15) is 92.9 Å². The lowest BCUT2D eigenvalue weighted by molar-refractivity contribution is -0.309. The maximum absolute atomic E-state index is 13.1. The number of aliphatic carboxylic acids is 1. The monoisotopic (exact) mass is 702 g/mol. The number of Topliss-reactive ketones (excluding diaryl/α,β-unsaturated/α-hetero) is 1. The van der Waals surface area contributed by atoms with Crippen molar-refractivity contribution in [2.75, 3.05) is 0 Å². The van der Waals surface area contributed by atoms with E-state index in [2.05, 4.69) is 19.9 Å². The number of carboxylic acids is 1. The second kappa shape index (κ2) is 13.2. The SMILES string of the molecule is CC(C)[C@H](C)C(=O)CC(C)(O)[C@H]1CCC2C3CC(OS(=O)(=O)O)C4C[C@@H](OC5OC(C(=O)O)C(O)C(O)C5O)CC[C@]4(C)C3=CC[C@@]21C. The van der Waals surface area contributed by atoms with Gasteiger partial charge in [-0.1, -0.05) is 46.3 Å². The quantitative estimate of drug-likeness (QED) is 0.110. The number of carbonyl (C=O) groups is 2. The molecule has 1 heterocycles. The summed E-state index contributed by atoms with van der Waals surface area (Å²) in [5, 5.41) is 52.1. The first kappa shape index (κ1) is 37.8. The fraction of sp³-hybridized carbons (Fsp3) is 0.882. The maximum Gasteiger partial charge on any atom is 0.397 e. The number of ketones is 1. The van der Waals surface area contributed by atoms with Gasteiger partial charge in [0.1, 0.15) is 24.1 Å². The van der Waals surface area contributed by atoms with Gasteiger partial charge in [0, 0.05) is 12.3 Å². The standard InChI is InChI=1S/C34H54O13S/c1-16(2)17(3)23(35)15-34(6,41)25-8-7-20-19-14-24(47-48(42,43)44)22-13-18(9-11-32(22,4)21(19)10-12-33(20,25)5)45-31-28(38)26(36)27(37)29(46-31)30(39)40/h10,16-20,22,24-29,31,36-38,41H,7-9,11-15H2,1-6H3,(H,39,40)(H,42,43,44)/t17-,18-,19?,20?,22?,24?,25-,26?,27?,28?,29?,31?,32+,33-,34?/m0/s1. The maximum atomic E-state index is 13.1. The molecule has 5 rings (SSSR count). The molecule has 4 fully saturated rings. The lowest BCUT2D eigenvalue weighted by atomic mass is 9.47. The summed E-state index contributed by atoms with van der Waals surface area (Å²) in [6.45, 7) is 11.9. The first-order chi connectivity index (χ1) is 22.1. The fourth-order valence-corrected chi connectivity index (χ4v) is 10.8. The normalized spacial score (nSPS) is 44.9. The minimum atomic E-state index is -4.85. The Kier molecular flexibility index (Phi) is 10.4. The summed E-state index contributed by atoms with van der Waals surface area (Å²) in [5.74, 6) is -2.11. The van der Waals surface area contributed by atoms with Crippen molar-refractivity contribution in [2.45, 2.75) is 141 Å². The van der Waals surface area contributed by atoms with Crippen molar-refractivity contribution in [1.82, 2.24) is 0 Å². The van der Waals surface area contributed by atoms with Gasteiger partial charge in [-0.3, -0.25) is 9.35 Å². The number of hydrogen-bond donors (Lipinski definition) is 6. The number of allylic oxidation sites excluding steroid dienone is 2. The molecule has 5 aliphatic rings. The second-order valence-electron chi connectivity index (χ2n) is 16.3. The van der Waals surface area contributed by atoms with E-state index in [1.54, 1.807) is 6.92 Å². The number of hydrogen-bond acceptors (Lipinski definition) is 11. The Balaban J connectivity index is 1.40. The first-order valence-electron chi connectivity index (χ1n) is 17.3. The third-order valence-electron chi connectivity index (χ3n) is 13.1. The molecule has 0 radical (unpaired) electrons. The number of ether oxygens (including phenoxy) is 2. The van der Waals surface area contributed by atoms with Crippen LogP contribution < -0.4 is 0 Å². The van der Waals surface area contributed by atoms with Crippen LogP contribution in [0.15, 0.2) is 11.6 Å². The molecule has 0 aromatic heterocycles. The van der Waals surface area contributed by atoms with E-state index in [4.69, 9.17) is 13.7 Å². The van der Waals surface area contributed by atoms with Gasteiger partial charge in [-0.15, -0.1) is 0 Å². The Morgan fingerprint density at radius 2 is 1.71 bits per heavy atom. The van der Waals surface area contributed by atoms with E-state index in [1.807, 2.05) is 20.8 Å². The van der Waals surface area contributed by atoms with Gasteiger partial charge in [0.15, 0.2) is 12.4 Å². The highest BCUT2D eigenvalue weighted by atomic mass is 32.3. The highest BCUT2D eigenvalue weighted by Gasteiger charge is 2.63. The molecule has 0 amide bonds. The molecule has 0 bridgehead atoms. The Morgan fingerprint density at radius 1 is 1.04 bits per heavy atom. The summed E-state index contributed by atoms with van der Waals surface area (Å²) in [7, 11) is -4.85. The van der Waals surface area contributed by atoms with E-state index in [1.165, 1.54) is 5.57 Å². The van der Waals surface area contributed by atoms with Crippen LogP contribution in [-0.2, 0) is 33.6 Å². The summed E-state index contributed by atoms with van der Waals surface area (Å²) >= 11 is 0. The lowest BCUT2D eigenvalue weighted by Crippen LogP contribution is -2.61. The van der Waals surface area contributed by atoms with Crippen LogP contribution in [0.2, 0.25) is 0 Å². The van der Waals surface area contributed by atoms with Gasteiger partial charge >= 0.3 is 16.4 Å². The molecular weight excluding hydrogens is 648 g/mol. The lowest BCUT2D eigenvalue weighted by Gasteiger charge is -2.59. The molecule has 0 aromatic carbocycles. The predicted octanol–water partition coefficient (Wildman–Crippen LogP) is 2.64. The molecule has 10 unspecified atom stereocenters. The van der Waals surface area contributed by atoms with Crippen molar-refractivity contribution < 1.29 is 61.7 Å². The van der Waals surface area contributed by atoms with Crippen molar-refractivity contribution in [3.8, 4) is 0 Å². The number of aliphatic hydroxyl groups excluding tert-OH is 3. The number of fused-ring (bicyclic) bond motifs is 5. The molecule has 4 aliphatic carbocycles. The summed E-state index contributed by atoms with van der Waals surface area (Å²) in [6, 6.07) is 0. The molecule has 13 nitrogen and oxygen atoms in total. The Hall–Kier alpha value is -1.49. The Morgan fingerprint density at radius 3 is 2.31 bits per heavy atom. The topological polar surface area (TPSA) is 217 Å². The van der Waals surface area contributed by atoms with Crippen LogP contribution in [0.4, 0.5) is 0 Å². The molecule has 15 atom stereocenters. The zero-order valence-electron chi connectivity index (χ0n) is 28.7. The van der Waals surface area contributed by atoms with E-state index >= 15 is 0 Å². The zero-order chi connectivity index (χ0) is 35.7. The van der Waals surface area contributed by atoms with Gasteiger partial charge in [-0.25, -0.2) is 8.98 Å². The van der Waals surface area contributed by atoms with Crippen molar-refractivity contribution in [3.63, 3.8) is 0 Å². The highest BCUT2D eigenvalue weighted by Crippen LogP contribution is 2.67. The molecule has 3 saturated carbocycles. The molecular formula is C34H54O13S. The van der Waals surface area contributed by atoms with E-state index in [-0.39, 0.29) is 53.6 Å². The van der Waals surface area contributed by atoms with Gasteiger partial charge in [0.05, 0.1) is 17.8 Å². The largest absolute Gasteiger partial charge is 0.479 e. The van der Waals surface area contributed by atoms with Crippen molar-refractivity contribution >= 4 is 22.2 Å². The van der Waals surface area contributed by atoms with Gasteiger partial charge in [0.25, 0.3) is 0 Å². The Labute approximate surface area is 283 Å². The number of aliphatic hydroxyl groups is 4. The van der Waals surface area contributed by atoms with E-state index in [0.717, 1.165) is 12.8 Å². The Bertz CT molecular complexity index is 1380. The van der Waals surface area contributed by atoms with Crippen LogP contribution in [-0.4, -0.2) is 98.8 Å². The van der Waals surface area contributed by atoms with Gasteiger partial charge in [-0.05, 0) is 92.3 Å². The molecule has 0 aromatic rings. The minimum Gasteiger partial charge on any atom is -0.479 e. The van der Waals surface area contributed by atoms with E-state index in [9.17, 15) is 48.1 Å². The zero-order valence-corrected chi connectivity index (χ0v) is 29.5. The predicted molar refractivity (Wildman–Crippen MR) is 170 cm³/mol. The minimum absolute atomic E-state index is 0.0398. The van der Waals surface area contributed by atoms with Crippen LogP contribution in [0, 0.1) is 46.3 Å². The molecule has 48 heavy (non-hydrogen) atoms. The van der Waals surface area contributed by atoms with Gasteiger partial charge in [0.2, 0.25) is 0 Å². The summed E-state index contributed by atoms with van der Waals surface area (Å²) in [4.78, 5) is 24.7. The van der Waals surface area contributed by atoms with Crippen molar-refractivity contribution in [3.05, 3.63) is 11.6 Å². The van der Waals surface area contributed by atoms with Crippen LogP contribution in [0.25, 0.3) is 0 Å². The van der Waals surface area contributed by atoms with Crippen LogP contribution in [0.3, 0.4) is 0 Å². The van der Waals surface area contributed by atoms with E-state index < -0.39 is 76.2 Å². The van der Waals surface area contributed by atoms with Crippen LogP contribution >= 0.6 is 0 Å². The molecule has 0 spiro atoms. The van der Waals surface area contributed by atoms with Crippen molar-refractivity contribution in [2.24, 2.45) is 46.3 Å². The molecule has 14 heteroatoms. The van der Waals surface area contributed by atoms with E-state index in [0.29, 0.717) is 25.7 Å². The van der Waals surface area contributed by atoms with Crippen molar-refractivity contribution in [1.29, 1.82) is 0 Å². The number of rotatable bonds is 10. The molecule has 274 valence electrons. The van der Waals surface area contributed by atoms with Gasteiger partial charge < -0.3 is 35.0 Å². The summed E-state index contributed by atoms with van der Waals surface area (Å²) in [6.07, 6.45) is -4.35. The smallest absolute Gasteiger partial charge is 0.397 e. The first-order valence-corrected chi connectivity index (χ1v) is 18.7. The molecule has 1 saturated heterocycles. The summed E-state index contributed by atoms with van der Waals surface area (Å²) in [5.41, 5.74) is -0.933. The average molecular weight is 703 g/mol. The third kappa shape index (κ3) is 6.78. The fourth-order valence-electron chi connectivity index (χ4n) is 10.3. The van der Waals surface area contributed by atoms with Crippen LogP contribution in [0.5, 0.6) is 0 Å². The second-order valence-corrected chi connectivity index (χ2v) is 17.4. The summed E-state index contributed by atoms with van der Waals surface area (Å²) < 4.78 is 51.0. The molecule has 1 aliphatic heterocycles. The number of carbonyl (C=O) groups excluding carboxylic acids is 1. The average Bonchev–Trinajstić information content (AvgIpc) is 3.34. The van der Waals surface area contributed by atoms with Gasteiger partial charge in [-0.2, -0.15) is 8.42 Å². The number of carboxylic acid groups (broad SMARTS) is 1. The molecule has 6 N–H and O–H groups in total. The highest BCUT2D eigenvalue weighted by molar-refractivity contribution is 7.80.